The maximum Gasteiger partial charge on any atom is 0.0945 e. The molecule has 0 bridgehead atoms. The van der Waals surface area contributed by atoms with Crippen LogP contribution < -0.4 is 5.14 Å². The van der Waals surface area contributed by atoms with Crippen LogP contribution in [0.2, 0.25) is 0 Å². The molecule has 2 rings (SSSR count). The summed E-state index contributed by atoms with van der Waals surface area (Å²) < 4.78 is 11.4. The van der Waals surface area contributed by atoms with Gasteiger partial charge in [0.2, 0.25) is 0 Å². The van der Waals surface area contributed by atoms with Gasteiger partial charge >= 0.3 is 0 Å². The summed E-state index contributed by atoms with van der Waals surface area (Å²) in [5.74, 6) is 0.541. The molecule has 1 aromatic heterocycles. The van der Waals surface area contributed by atoms with Crippen LogP contribution in [0.3, 0.4) is 0 Å². The molecule has 0 radical (unpaired) electrons. The van der Waals surface area contributed by atoms with E-state index in [1.54, 1.807) is 0 Å². The normalized spacial score (nSPS) is 14.7. The standard InChI is InChI=1S/C19H26N2OS/c1-14(2)16-10-11-18(21-13-16)17(12-19(3,4)23(20)22)15-8-6-5-7-9-15/h5-11,13-14,17H,12,20H2,1-4H3/t17-,23?/m0/s1. The first kappa shape index (κ1) is 17.8. The van der Waals surface area contributed by atoms with E-state index in [0.717, 1.165) is 5.69 Å². The summed E-state index contributed by atoms with van der Waals surface area (Å²) >= 11 is 0. The Morgan fingerprint density at radius 1 is 1.09 bits per heavy atom. The Kier molecular flexibility index (Phi) is 5.71. The van der Waals surface area contributed by atoms with Gasteiger partial charge < -0.3 is 0 Å². The Balaban J connectivity index is 2.39. The lowest BCUT2D eigenvalue weighted by atomic mass is 9.86. The van der Waals surface area contributed by atoms with Crippen molar-refractivity contribution in [2.75, 3.05) is 0 Å². The smallest absolute Gasteiger partial charge is 0.0945 e. The second-order valence-electron chi connectivity index (χ2n) is 6.90. The van der Waals surface area contributed by atoms with Crippen LogP contribution in [-0.4, -0.2) is 13.9 Å². The zero-order valence-corrected chi connectivity index (χ0v) is 15.1. The van der Waals surface area contributed by atoms with Crippen LogP contribution in [0.5, 0.6) is 0 Å². The Bertz CT molecular complexity index is 651. The third-order valence-electron chi connectivity index (χ3n) is 4.28. The molecule has 2 N–H and O–H groups in total. The van der Waals surface area contributed by atoms with Crippen LogP contribution in [0.25, 0.3) is 0 Å². The fraction of sp³-hybridized carbons (Fsp3) is 0.421. The fourth-order valence-corrected chi connectivity index (χ4v) is 2.95. The second kappa shape index (κ2) is 7.37. The number of rotatable bonds is 6. The summed E-state index contributed by atoms with van der Waals surface area (Å²) in [5.41, 5.74) is 3.40. The highest BCUT2D eigenvalue weighted by Gasteiger charge is 2.30. The van der Waals surface area contributed by atoms with Gasteiger partial charge in [-0.2, -0.15) is 0 Å². The summed E-state index contributed by atoms with van der Waals surface area (Å²) in [6.45, 7) is 8.21. The third-order valence-corrected chi connectivity index (χ3v) is 5.53. The van der Waals surface area contributed by atoms with Crippen LogP contribution in [0.1, 0.15) is 62.8 Å². The van der Waals surface area contributed by atoms with E-state index in [2.05, 4.69) is 43.1 Å². The fourth-order valence-electron chi connectivity index (χ4n) is 2.62. The first-order chi connectivity index (χ1) is 10.8. The van der Waals surface area contributed by atoms with Gasteiger partial charge in [0.25, 0.3) is 0 Å². The van der Waals surface area contributed by atoms with Crippen molar-refractivity contribution in [3.63, 3.8) is 0 Å². The molecule has 0 aliphatic rings. The number of benzene rings is 1. The Labute approximate surface area is 141 Å². The molecule has 124 valence electrons. The van der Waals surface area contributed by atoms with Crippen molar-refractivity contribution in [2.45, 2.75) is 50.7 Å². The van der Waals surface area contributed by atoms with Crippen molar-refractivity contribution in [3.05, 3.63) is 65.5 Å². The van der Waals surface area contributed by atoms with E-state index in [1.807, 2.05) is 38.2 Å². The highest BCUT2D eigenvalue weighted by Crippen LogP contribution is 2.33. The van der Waals surface area contributed by atoms with Gasteiger partial charge in [-0.05, 0) is 43.4 Å². The van der Waals surface area contributed by atoms with Crippen molar-refractivity contribution in [2.24, 2.45) is 5.14 Å². The zero-order valence-electron chi connectivity index (χ0n) is 14.3. The molecule has 0 saturated carbocycles. The van der Waals surface area contributed by atoms with E-state index in [-0.39, 0.29) is 5.92 Å². The largest absolute Gasteiger partial charge is 0.260 e. The quantitative estimate of drug-likeness (QED) is 0.866. The average Bonchev–Trinajstić information content (AvgIpc) is 2.53. The molecule has 1 heterocycles. The van der Waals surface area contributed by atoms with E-state index in [4.69, 9.17) is 5.14 Å². The van der Waals surface area contributed by atoms with E-state index in [9.17, 15) is 4.21 Å². The lowest BCUT2D eigenvalue weighted by Crippen LogP contribution is -2.34. The Morgan fingerprint density at radius 2 is 1.74 bits per heavy atom. The molecule has 0 fully saturated rings. The first-order valence-electron chi connectivity index (χ1n) is 7.98. The van der Waals surface area contributed by atoms with Gasteiger partial charge in [-0.25, -0.2) is 4.21 Å². The minimum atomic E-state index is -1.38. The van der Waals surface area contributed by atoms with E-state index >= 15 is 0 Å². The lowest BCUT2D eigenvalue weighted by Gasteiger charge is -2.27. The highest BCUT2D eigenvalue weighted by atomic mass is 32.2. The van der Waals surface area contributed by atoms with Crippen LogP contribution in [0, 0.1) is 0 Å². The number of hydrogen-bond acceptors (Lipinski definition) is 2. The predicted molar refractivity (Wildman–Crippen MR) is 97.6 cm³/mol. The molecule has 23 heavy (non-hydrogen) atoms. The molecule has 2 aromatic rings. The van der Waals surface area contributed by atoms with E-state index in [1.165, 1.54) is 11.1 Å². The molecule has 3 nitrogen and oxygen atoms in total. The van der Waals surface area contributed by atoms with Crippen LogP contribution >= 0.6 is 0 Å². The second-order valence-corrected chi connectivity index (χ2v) is 8.60. The van der Waals surface area contributed by atoms with Crippen LogP contribution in [0.15, 0.2) is 48.7 Å². The summed E-state index contributed by atoms with van der Waals surface area (Å²) in [4.78, 5) is 4.68. The van der Waals surface area contributed by atoms with Gasteiger partial charge in [-0.3, -0.25) is 10.1 Å². The molecular formula is C19H26N2OS. The van der Waals surface area contributed by atoms with Crippen molar-refractivity contribution in [1.82, 2.24) is 4.98 Å². The molecule has 1 unspecified atom stereocenters. The Hall–Kier alpha value is -1.52. The minimum absolute atomic E-state index is 0.0833. The minimum Gasteiger partial charge on any atom is -0.260 e. The maximum absolute atomic E-state index is 11.9. The number of nitrogens with zero attached hydrogens (tertiary/aromatic N) is 1. The maximum atomic E-state index is 11.9. The van der Waals surface area contributed by atoms with Crippen molar-refractivity contribution in [3.8, 4) is 0 Å². The van der Waals surface area contributed by atoms with Crippen molar-refractivity contribution < 1.29 is 4.21 Å². The van der Waals surface area contributed by atoms with Gasteiger partial charge in [-0.15, -0.1) is 0 Å². The third kappa shape index (κ3) is 4.49. The monoisotopic (exact) mass is 330 g/mol. The van der Waals surface area contributed by atoms with Gasteiger partial charge in [0.05, 0.1) is 15.7 Å². The van der Waals surface area contributed by atoms with Gasteiger partial charge in [0.15, 0.2) is 0 Å². The first-order valence-corrected chi connectivity index (χ1v) is 9.19. The van der Waals surface area contributed by atoms with Gasteiger partial charge in [0, 0.05) is 17.8 Å². The van der Waals surface area contributed by atoms with Crippen molar-refractivity contribution >= 4 is 11.0 Å². The average molecular weight is 330 g/mol. The highest BCUT2D eigenvalue weighted by molar-refractivity contribution is 7.84. The van der Waals surface area contributed by atoms with Crippen LogP contribution in [-0.2, 0) is 11.0 Å². The predicted octanol–water partition coefficient (Wildman–Crippen LogP) is 4.13. The molecule has 4 heteroatoms. The summed E-state index contributed by atoms with van der Waals surface area (Å²) in [6.07, 6.45) is 2.64. The zero-order chi connectivity index (χ0) is 17.0. The van der Waals surface area contributed by atoms with E-state index < -0.39 is 15.7 Å². The molecule has 0 amide bonds. The SMILES string of the molecule is CC(C)c1ccc([C@@H](CC(C)(C)S(N)=O)c2ccccc2)nc1. The van der Waals surface area contributed by atoms with Crippen molar-refractivity contribution in [1.29, 1.82) is 0 Å². The number of hydrogen-bond donors (Lipinski definition) is 1. The molecular weight excluding hydrogens is 304 g/mol. The molecule has 0 spiro atoms. The number of aromatic nitrogens is 1. The van der Waals surface area contributed by atoms with Gasteiger partial charge in [0.1, 0.15) is 0 Å². The topological polar surface area (TPSA) is 56.0 Å². The summed E-state index contributed by atoms with van der Waals surface area (Å²) in [5, 5.41) is 5.69. The Morgan fingerprint density at radius 3 is 2.22 bits per heavy atom. The molecule has 0 aliphatic carbocycles. The van der Waals surface area contributed by atoms with E-state index in [0.29, 0.717) is 12.3 Å². The lowest BCUT2D eigenvalue weighted by molar-refractivity contribution is 0.550. The molecule has 0 saturated heterocycles. The van der Waals surface area contributed by atoms with Crippen LogP contribution in [0.4, 0.5) is 0 Å². The summed E-state index contributed by atoms with van der Waals surface area (Å²) in [7, 11) is -1.38. The molecule has 0 aliphatic heterocycles. The summed E-state index contributed by atoms with van der Waals surface area (Å²) in [6, 6.07) is 14.5. The molecule has 2 atom stereocenters. The van der Waals surface area contributed by atoms with Gasteiger partial charge in [-0.1, -0.05) is 50.2 Å². The number of nitrogens with two attached hydrogens (primary N) is 1. The molecule has 1 aromatic carbocycles. The number of pyridine rings is 1.